The number of amides is 5. The van der Waals surface area contributed by atoms with Crippen LogP contribution in [0.2, 0.25) is 0 Å². The molecule has 5 amide bonds. The molecule has 0 saturated heterocycles. The van der Waals surface area contributed by atoms with Crippen LogP contribution in [0.15, 0.2) is 54.6 Å². The first-order valence-electron chi connectivity index (χ1n) is 20.3. The van der Waals surface area contributed by atoms with Gasteiger partial charge in [-0.25, -0.2) is 0 Å². The standard InChI is InChI=1S/C44H59N9O7/c1-6-7-8-29-9-12-32(27(2)23-29)43(57)52(4)36(15-16-45)44(58)53(5)39-31-11-14-38(60-22-19-48)34(26-31)33-24-30(10-13-37(33)59-21-18-47)25-35(41(55)49-20-17-46)51-40(54)28(3)50-42(39)56/h9-14,23-24,26,28,35-36,39H,6-8,15-16,18-22,25,45,47-48H2,1-5H3,(H,49,55)(H,50,56)(H,51,54)/t28-,35-,36-,39-/m0/s1. The number of rotatable bonds is 17. The maximum absolute atomic E-state index is 14.7. The summed E-state index contributed by atoms with van der Waals surface area (Å²) in [5.41, 5.74) is 22.0. The van der Waals surface area contributed by atoms with Gasteiger partial charge in [0.15, 0.2) is 0 Å². The van der Waals surface area contributed by atoms with E-state index in [2.05, 4.69) is 22.9 Å². The molecule has 0 unspecified atom stereocenters. The molecule has 0 radical (unpaired) electrons. The highest BCUT2D eigenvalue weighted by molar-refractivity contribution is 6.00. The molecule has 4 atom stereocenters. The third kappa shape index (κ3) is 11.6. The summed E-state index contributed by atoms with van der Waals surface area (Å²) in [6.45, 7) is 5.94. The second-order valence-electron chi connectivity index (χ2n) is 14.8. The number of carbonyl (C=O) groups is 5. The van der Waals surface area contributed by atoms with Gasteiger partial charge in [-0.15, -0.1) is 0 Å². The van der Waals surface area contributed by atoms with Gasteiger partial charge in [-0.1, -0.05) is 37.6 Å². The topological polar surface area (TPSA) is 248 Å². The molecule has 0 aliphatic carbocycles. The summed E-state index contributed by atoms with van der Waals surface area (Å²) in [4.78, 5) is 72.9. The molecule has 322 valence electrons. The van der Waals surface area contributed by atoms with Crippen molar-refractivity contribution in [2.45, 2.75) is 77.0 Å². The van der Waals surface area contributed by atoms with Gasteiger partial charge in [-0.05, 0) is 92.2 Å². The summed E-state index contributed by atoms with van der Waals surface area (Å²) < 4.78 is 12.2. The molecule has 60 heavy (non-hydrogen) atoms. The lowest BCUT2D eigenvalue weighted by Crippen LogP contribution is -2.56. The molecule has 0 fully saturated rings. The van der Waals surface area contributed by atoms with Crippen molar-refractivity contribution in [3.8, 4) is 28.7 Å². The number of nitrogens with one attached hydrogen (secondary N) is 3. The maximum Gasteiger partial charge on any atom is 0.254 e. The van der Waals surface area contributed by atoms with Gasteiger partial charge in [0.05, 0.1) is 6.07 Å². The molecule has 1 heterocycles. The van der Waals surface area contributed by atoms with E-state index in [1.165, 1.54) is 23.8 Å². The molecule has 3 aromatic carbocycles. The number of ether oxygens (including phenoxy) is 2. The van der Waals surface area contributed by atoms with Crippen LogP contribution in [0, 0.1) is 18.3 Å². The smallest absolute Gasteiger partial charge is 0.254 e. The van der Waals surface area contributed by atoms with Crippen LogP contribution < -0.4 is 42.6 Å². The van der Waals surface area contributed by atoms with E-state index < -0.39 is 47.8 Å². The molecular formula is C44H59N9O7. The molecule has 0 saturated carbocycles. The van der Waals surface area contributed by atoms with Gasteiger partial charge in [-0.3, -0.25) is 24.0 Å². The number of nitrogens with zero attached hydrogens (tertiary/aromatic N) is 3. The predicted molar refractivity (Wildman–Crippen MR) is 228 cm³/mol. The van der Waals surface area contributed by atoms with Crippen molar-refractivity contribution in [3.63, 3.8) is 0 Å². The second-order valence-corrected chi connectivity index (χ2v) is 14.8. The monoisotopic (exact) mass is 825 g/mol. The molecule has 16 heteroatoms. The lowest BCUT2D eigenvalue weighted by molar-refractivity contribution is -0.143. The zero-order chi connectivity index (χ0) is 43.9. The van der Waals surface area contributed by atoms with E-state index in [0.29, 0.717) is 39.3 Å². The maximum atomic E-state index is 14.7. The van der Waals surface area contributed by atoms with Gasteiger partial charge < -0.3 is 52.4 Å². The number of benzene rings is 3. The highest BCUT2D eigenvalue weighted by Gasteiger charge is 2.38. The Hall–Kier alpha value is -6.02. The minimum atomic E-state index is -1.35. The van der Waals surface area contributed by atoms with E-state index in [-0.39, 0.29) is 58.1 Å². The fourth-order valence-corrected chi connectivity index (χ4v) is 7.17. The Bertz CT molecular complexity index is 2050. The number of hydrogen-bond donors (Lipinski definition) is 6. The first-order chi connectivity index (χ1) is 28.8. The Kier molecular flexibility index (Phi) is 17.4. The number of likely N-dealkylation sites (N-methyl/N-ethyl adjacent to an activating group) is 2. The third-order valence-electron chi connectivity index (χ3n) is 10.4. The van der Waals surface area contributed by atoms with E-state index in [9.17, 15) is 24.0 Å². The van der Waals surface area contributed by atoms with Crippen molar-refractivity contribution >= 4 is 29.5 Å². The van der Waals surface area contributed by atoms with Gasteiger partial charge >= 0.3 is 0 Å². The Morgan fingerprint density at radius 2 is 1.58 bits per heavy atom. The molecule has 0 aromatic heterocycles. The second kappa shape index (κ2) is 22.4. The predicted octanol–water partition coefficient (Wildman–Crippen LogP) is 1.85. The van der Waals surface area contributed by atoms with E-state index >= 15 is 0 Å². The Morgan fingerprint density at radius 1 is 0.917 bits per heavy atom. The average molecular weight is 826 g/mol. The third-order valence-corrected chi connectivity index (χ3v) is 10.4. The largest absolute Gasteiger partial charge is 0.492 e. The number of fused-ring (bicyclic) bond motifs is 5. The number of nitriles is 1. The first-order valence-corrected chi connectivity index (χ1v) is 20.3. The average Bonchev–Trinajstić information content (AvgIpc) is 3.24. The van der Waals surface area contributed by atoms with Crippen LogP contribution in [0.4, 0.5) is 0 Å². The zero-order valence-corrected chi connectivity index (χ0v) is 35.2. The Labute approximate surface area is 352 Å². The molecule has 1 aliphatic heterocycles. The van der Waals surface area contributed by atoms with Crippen LogP contribution in [-0.2, 0) is 32.0 Å². The van der Waals surface area contributed by atoms with Crippen molar-refractivity contribution in [2.24, 2.45) is 17.2 Å². The Morgan fingerprint density at radius 3 is 2.20 bits per heavy atom. The summed E-state index contributed by atoms with van der Waals surface area (Å²) >= 11 is 0. The lowest BCUT2D eigenvalue weighted by atomic mass is 9.93. The quantitative estimate of drug-likeness (QED) is 0.107. The molecule has 0 spiro atoms. The fraction of sp³-hybridized carbons (Fsp3) is 0.455. The number of carbonyl (C=O) groups excluding carboxylic acids is 5. The van der Waals surface area contributed by atoms with Crippen LogP contribution >= 0.6 is 0 Å². The van der Waals surface area contributed by atoms with Crippen LogP contribution in [-0.4, -0.2) is 111 Å². The van der Waals surface area contributed by atoms with Gasteiger partial charge in [0.2, 0.25) is 23.6 Å². The minimum absolute atomic E-state index is 0.0175. The van der Waals surface area contributed by atoms with Gasteiger partial charge in [0, 0.05) is 50.3 Å². The minimum Gasteiger partial charge on any atom is -0.492 e. The summed E-state index contributed by atoms with van der Waals surface area (Å²) in [6.07, 6.45) is 3.05. The van der Waals surface area contributed by atoms with Crippen molar-refractivity contribution < 1.29 is 33.4 Å². The summed E-state index contributed by atoms with van der Waals surface area (Å²) in [5.74, 6) is -2.14. The zero-order valence-electron chi connectivity index (χ0n) is 35.2. The molecule has 3 aromatic rings. The van der Waals surface area contributed by atoms with E-state index in [4.69, 9.17) is 31.9 Å². The molecule has 4 bridgehead atoms. The van der Waals surface area contributed by atoms with Crippen molar-refractivity contribution in [3.05, 3.63) is 82.4 Å². The number of unbranched alkanes of at least 4 members (excludes halogenated alkanes) is 1. The normalized spacial score (nSPS) is 16.9. The van der Waals surface area contributed by atoms with Crippen molar-refractivity contribution in [1.29, 1.82) is 5.26 Å². The van der Waals surface area contributed by atoms with E-state index in [0.717, 1.165) is 30.4 Å². The first kappa shape index (κ1) is 46.7. The molecule has 1 aliphatic rings. The van der Waals surface area contributed by atoms with E-state index in [1.807, 2.05) is 25.1 Å². The molecule has 4 rings (SSSR count). The van der Waals surface area contributed by atoms with Gasteiger partial charge in [-0.2, -0.15) is 5.26 Å². The molecular weight excluding hydrogens is 767 g/mol. The van der Waals surface area contributed by atoms with Gasteiger partial charge in [0.1, 0.15) is 55.4 Å². The van der Waals surface area contributed by atoms with Crippen LogP contribution in [0.5, 0.6) is 11.5 Å². The summed E-state index contributed by atoms with van der Waals surface area (Å²) in [5, 5.41) is 17.1. The van der Waals surface area contributed by atoms with Crippen LogP contribution in [0.1, 0.15) is 71.8 Å². The SMILES string of the molecule is CCCCc1ccc(C(=O)N(C)[C@@H](CCN)C(=O)N(C)[C@@H]2C(=O)N[C@@H](C)C(=O)N[C@H](C(=O)NCC#N)Cc3ccc(OCCN)c(c3)-c3cc2ccc3OCCN)c(C)c1. The number of hydrogen-bond acceptors (Lipinski definition) is 11. The number of nitrogens with two attached hydrogens (primary N) is 3. The Balaban J connectivity index is 1.87. The van der Waals surface area contributed by atoms with Crippen LogP contribution in [0.3, 0.4) is 0 Å². The summed E-state index contributed by atoms with van der Waals surface area (Å²) in [7, 11) is 3.00. The van der Waals surface area contributed by atoms with Crippen molar-refractivity contribution in [2.75, 3.05) is 53.5 Å². The molecule has 9 N–H and O–H groups in total. The van der Waals surface area contributed by atoms with E-state index in [1.54, 1.807) is 49.5 Å². The van der Waals surface area contributed by atoms with Gasteiger partial charge in [0.25, 0.3) is 5.91 Å². The van der Waals surface area contributed by atoms with Crippen LogP contribution in [0.25, 0.3) is 11.1 Å². The summed E-state index contributed by atoms with van der Waals surface area (Å²) in [6, 6.07) is 13.1. The van der Waals surface area contributed by atoms with Crippen molar-refractivity contribution in [1.82, 2.24) is 25.8 Å². The highest BCUT2D eigenvalue weighted by atomic mass is 16.5. The fourth-order valence-electron chi connectivity index (χ4n) is 7.17. The molecule has 16 nitrogen and oxygen atoms in total. The highest BCUT2D eigenvalue weighted by Crippen LogP contribution is 2.40. The number of aryl methyl sites for hydroxylation is 2. The lowest BCUT2D eigenvalue weighted by Gasteiger charge is -2.35.